The largest absolute Gasteiger partial charge is 0.327 e. The van der Waals surface area contributed by atoms with Gasteiger partial charge >= 0.3 is 0 Å². The molecule has 4 nitrogen and oxygen atoms in total. The molecule has 4 heteroatoms. The fourth-order valence-electron chi connectivity index (χ4n) is 4.91. The second-order valence-electron chi connectivity index (χ2n) is 8.19. The predicted molar refractivity (Wildman–Crippen MR) is 99.7 cm³/mol. The van der Waals surface area contributed by atoms with Gasteiger partial charge in [0.25, 0.3) is 5.91 Å². The molecule has 2 aromatic rings. The van der Waals surface area contributed by atoms with E-state index in [9.17, 15) is 4.79 Å². The van der Waals surface area contributed by atoms with E-state index < -0.39 is 0 Å². The summed E-state index contributed by atoms with van der Waals surface area (Å²) in [6.07, 6.45) is 4.58. The number of hydrogen-bond acceptors (Lipinski definition) is 1. The van der Waals surface area contributed by atoms with Crippen molar-refractivity contribution in [2.75, 3.05) is 25.0 Å². The van der Waals surface area contributed by atoms with Crippen LogP contribution >= 0.6 is 0 Å². The highest BCUT2D eigenvalue weighted by atomic mass is 16.2. The average Bonchev–Trinajstić information content (AvgIpc) is 3.02. The lowest BCUT2D eigenvalue weighted by molar-refractivity contribution is -0.904. The van der Waals surface area contributed by atoms with Gasteiger partial charge in [-0.25, -0.2) is 4.98 Å². The van der Waals surface area contributed by atoms with E-state index in [1.165, 1.54) is 22.6 Å². The van der Waals surface area contributed by atoms with Gasteiger partial charge in [-0.15, -0.1) is 0 Å². The van der Waals surface area contributed by atoms with Gasteiger partial charge in [-0.3, -0.25) is 4.79 Å². The van der Waals surface area contributed by atoms with Crippen LogP contribution in [0.3, 0.4) is 0 Å². The van der Waals surface area contributed by atoms with Gasteiger partial charge in [0.05, 0.1) is 24.2 Å². The van der Waals surface area contributed by atoms with E-state index in [0.717, 1.165) is 48.9 Å². The molecule has 2 unspecified atom stereocenters. The number of fused-ring (bicyclic) bond motifs is 2. The van der Waals surface area contributed by atoms with Gasteiger partial charge in [0, 0.05) is 29.9 Å². The Morgan fingerprint density at radius 2 is 1.96 bits per heavy atom. The monoisotopic (exact) mass is 339 g/mol. The number of piperidine rings is 1. The number of para-hydroxylation sites is 1. The Bertz CT molecular complexity index is 791. The zero-order chi connectivity index (χ0) is 17.4. The molecule has 1 aromatic carbocycles. The van der Waals surface area contributed by atoms with Gasteiger partial charge in [0.2, 0.25) is 5.52 Å². The summed E-state index contributed by atoms with van der Waals surface area (Å²) >= 11 is 0. The third-order valence-corrected chi connectivity index (χ3v) is 5.76. The zero-order valence-corrected chi connectivity index (χ0v) is 15.3. The van der Waals surface area contributed by atoms with Crippen LogP contribution in [0.4, 0.5) is 5.69 Å². The van der Waals surface area contributed by atoms with Crippen LogP contribution in [0.25, 0.3) is 10.9 Å². The molecule has 4 rings (SSSR count). The number of hydrogen-bond donors (Lipinski definition) is 2. The third-order valence-electron chi connectivity index (χ3n) is 5.76. The topological polar surface area (TPSA) is 47.7 Å². The minimum absolute atomic E-state index is 0.154. The number of quaternary nitrogens is 1. The SMILES string of the molecule is CC1CC(C)C[NH+](CC(=O)Nc2c3c([nH+]c4ccccc24)CCC3)C1. The Balaban J connectivity index is 1.57. The Kier molecular flexibility index (Phi) is 4.46. The summed E-state index contributed by atoms with van der Waals surface area (Å²) in [4.78, 5) is 17.8. The van der Waals surface area contributed by atoms with Crippen molar-refractivity contribution in [1.29, 1.82) is 0 Å². The van der Waals surface area contributed by atoms with E-state index in [0.29, 0.717) is 18.4 Å². The average molecular weight is 339 g/mol. The van der Waals surface area contributed by atoms with E-state index in [1.54, 1.807) is 0 Å². The van der Waals surface area contributed by atoms with Crippen molar-refractivity contribution in [3.63, 3.8) is 0 Å². The van der Waals surface area contributed by atoms with E-state index >= 15 is 0 Å². The number of pyridine rings is 1. The molecular weight excluding hydrogens is 310 g/mol. The lowest BCUT2D eigenvalue weighted by atomic mass is 9.92. The number of anilines is 1. The van der Waals surface area contributed by atoms with Crippen LogP contribution in [-0.2, 0) is 17.6 Å². The molecule has 0 saturated carbocycles. The Hall–Kier alpha value is -1.94. The van der Waals surface area contributed by atoms with Crippen molar-refractivity contribution < 1.29 is 14.7 Å². The van der Waals surface area contributed by atoms with Crippen molar-refractivity contribution in [3.05, 3.63) is 35.5 Å². The van der Waals surface area contributed by atoms with Crippen LogP contribution in [0.2, 0.25) is 0 Å². The van der Waals surface area contributed by atoms with E-state index in [4.69, 9.17) is 0 Å². The number of nitrogens with one attached hydrogen (secondary N) is 3. The fourth-order valence-corrected chi connectivity index (χ4v) is 4.91. The van der Waals surface area contributed by atoms with Gasteiger partial charge in [-0.2, -0.15) is 0 Å². The smallest absolute Gasteiger partial charge is 0.279 e. The molecule has 1 aromatic heterocycles. The fraction of sp³-hybridized carbons (Fsp3) is 0.524. The van der Waals surface area contributed by atoms with Crippen LogP contribution in [0.5, 0.6) is 0 Å². The molecule has 0 spiro atoms. The minimum atomic E-state index is 0.154. The summed E-state index contributed by atoms with van der Waals surface area (Å²) in [5, 5.41) is 4.41. The van der Waals surface area contributed by atoms with Crippen LogP contribution in [0.1, 0.15) is 37.9 Å². The van der Waals surface area contributed by atoms with Crippen LogP contribution in [0, 0.1) is 11.8 Å². The standard InChI is InChI=1S/C21H27N3O/c1-14-10-15(2)12-24(11-14)13-20(25)23-21-16-6-3-4-8-18(16)22-19-9-5-7-17(19)21/h3-4,6,8,14-15H,5,7,9-13H2,1-2H3,(H,22,23,25)/p+2. The first-order valence-corrected chi connectivity index (χ1v) is 9.69. The van der Waals surface area contributed by atoms with E-state index in [2.05, 4.69) is 36.3 Å². The van der Waals surface area contributed by atoms with Crippen molar-refractivity contribution in [2.24, 2.45) is 11.8 Å². The molecular formula is C21H29N3O+2. The van der Waals surface area contributed by atoms with Gasteiger partial charge < -0.3 is 10.2 Å². The number of aryl methyl sites for hydroxylation is 1. The number of aromatic amines is 1. The number of benzene rings is 1. The lowest BCUT2D eigenvalue weighted by Crippen LogP contribution is -3.15. The Morgan fingerprint density at radius 3 is 2.76 bits per heavy atom. The molecule has 2 atom stereocenters. The normalized spacial score (nSPS) is 25.8. The zero-order valence-electron chi connectivity index (χ0n) is 15.3. The number of rotatable bonds is 3. The molecule has 0 radical (unpaired) electrons. The van der Waals surface area contributed by atoms with Crippen LogP contribution < -0.4 is 15.2 Å². The summed E-state index contributed by atoms with van der Waals surface area (Å²) in [6, 6.07) is 8.31. The first-order valence-electron chi connectivity index (χ1n) is 9.69. The predicted octanol–water partition coefficient (Wildman–Crippen LogP) is 1.64. The number of carbonyl (C=O) groups excluding carboxylic acids is 1. The summed E-state index contributed by atoms with van der Waals surface area (Å²) in [6.45, 7) is 7.41. The molecule has 132 valence electrons. The molecule has 1 amide bonds. The van der Waals surface area contributed by atoms with Gasteiger partial charge in [-0.05, 0) is 25.3 Å². The van der Waals surface area contributed by atoms with Crippen LogP contribution in [0.15, 0.2) is 24.3 Å². The van der Waals surface area contributed by atoms with E-state index in [-0.39, 0.29) is 5.91 Å². The van der Waals surface area contributed by atoms with Crippen molar-refractivity contribution in [1.82, 2.24) is 0 Å². The molecule has 0 bridgehead atoms. The van der Waals surface area contributed by atoms with Gasteiger partial charge in [0.15, 0.2) is 12.2 Å². The molecule has 1 aliphatic carbocycles. The van der Waals surface area contributed by atoms with Crippen molar-refractivity contribution >= 4 is 22.5 Å². The maximum atomic E-state index is 12.8. The minimum Gasteiger partial charge on any atom is -0.327 e. The van der Waals surface area contributed by atoms with Crippen molar-refractivity contribution in [3.8, 4) is 0 Å². The highest BCUT2D eigenvalue weighted by Gasteiger charge is 2.29. The summed E-state index contributed by atoms with van der Waals surface area (Å²) in [5.74, 6) is 1.58. The highest BCUT2D eigenvalue weighted by Crippen LogP contribution is 2.31. The first-order chi connectivity index (χ1) is 12.1. The van der Waals surface area contributed by atoms with Crippen molar-refractivity contribution in [2.45, 2.75) is 39.5 Å². The Morgan fingerprint density at radius 1 is 1.20 bits per heavy atom. The molecule has 1 saturated heterocycles. The van der Waals surface area contributed by atoms with Gasteiger partial charge in [0.1, 0.15) is 0 Å². The maximum absolute atomic E-state index is 12.8. The molecule has 2 heterocycles. The molecule has 3 N–H and O–H groups in total. The van der Waals surface area contributed by atoms with Gasteiger partial charge in [-0.1, -0.05) is 26.0 Å². The number of amides is 1. The maximum Gasteiger partial charge on any atom is 0.279 e. The number of likely N-dealkylation sites (tertiary alicyclic amines) is 1. The molecule has 2 aliphatic rings. The second-order valence-corrected chi connectivity index (χ2v) is 8.19. The van der Waals surface area contributed by atoms with Crippen LogP contribution in [-0.4, -0.2) is 25.5 Å². The number of carbonyl (C=O) groups is 1. The second kappa shape index (κ2) is 6.75. The lowest BCUT2D eigenvalue weighted by Gasteiger charge is -2.31. The molecule has 25 heavy (non-hydrogen) atoms. The number of H-pyrrole nitrogens is 1. The summed E-state index contributed by atoms with van der Waals surface area (Å²) in [5.41, 5.74) is 4.76. The highest BCUT2D eigenvalue weighted by molar-refractivity contribution is 6.01. The first kappa shape index (κ1) is 16.5. The summed E-state index contributed by atoms with van der Waals surface area (Å²) in [7, 11) is 0. The number of aromatic nitrogens is 1. The third kappa shape index (κ3) is 3.40. The Labute approximate surface area is 149 Å². The molecule has 1 fully saturated rings. The molecule has 1 aliphatic heterocycles. The summed E-state index contributed by atoms with van der Waals surface area (Å²) < 4.78 is 0. The van der Waals surface area contributed by atoms with E-state index in [1.807, 2.05) is 12.1 Å². The quantitative estimate of drug-likeness (QED) is 0.877.